The second kappa shape index (κ2) is 6.84. The summed E-state index contributed by atoms with van der Waals surface area (Å²) in [5.74, 6) is -0.540. The summed E-state index contributed by atoms with van der Waals surface area (Å²) in [5.41, 5.74) is 1.15. The zero-order chi connectivity index (χ0) is 17.0. The Morgan fingerprint density at radius 2 is 2.08 bits per heavy atom. The number of amidine groups is 1. The molecule has 6 nitrogen and oxygen atoms in total. The van der Waals surface area contributed by atoms with Crippen LogP contribution in [-0.4, -0.2) is 44.0 Å². The lowest BCUT2D eigenvalue weighted by molar-refractivity contribution is -0.137. The molecule has 1 aromatic carbocycles. The van der Waals surface area contributed by atoms with E-state index in [1.165, 1.54) is 6.08 Å². The van der Waals surface area contributed by atoms with E-state index in [1.807, 2.05) is 36.4 Å². The second-order valence-corrected chi connectivity index (χ2v) is 6.98. The number of benzene rings is 1. The normalized spacial score (nSPS) is 18.8. The predicted molar refractivity (Wildman–Crippen MR) is 91.6 cm³/mol. The van der Waals surface area contributed by atoms with E-state index in [9.17, 15) is 13.2 Å². The molecule has 0 radical (unpaired) electrons. The van der Waals surface area contributed by atoms with Crippen LogP contribution in [0.5, 0.6) is 0 Å². The summed E-state index contributed by atoms with van der Waals surface area (Å²) in [6, 6.07) is 9.63. The fourth-order valence-corrected chi connectivity index (χ4v) is 3.31. The SMILES string of the molecule is O=C(OC/C=C/c1ccccc1)C1=CC=CN2CCS(=O)(=O)N=C12. The molecule has 7 heteroatoms. The van der Waals surface area contributed by atoms with Gasteiger partial charge in [0.1, 0.15) is 12.2 Å². The third-order valence-corrected chi connectivity index (χ3v) is 4.65. The average molecular weight is 344 g/mol. The first-order chi connectivity index (χ1) is 11.6. The molecule has 0 unspecified atom stereocenters. The first-order valence-electron chi connectivity index (χ1n) is 7.42. The number of sulfonamides is 1. The number of rotatable bonds is 4. The molecule has 0 spiro atoms. The van der Waals surface area contributed by atoms with Crippen LogP contribution in [0, 0.1) is 0 Å². The largest absolute Gasteiger partial charge is 0.458 e. The number of esters is 1. The van der Waals surface area contributed by atoms with Gasteiger partial charge in [0, 0.05) is 12.7 Å². The lowest BCUT2D eigenvalue weighted by Gasteiger charge is -2.28. The third-order valence-electron chi connectivity index (χ3n) is 3.50. The molecule has 2 aliphatic rings. The van der Waals surface area contributed by atoms with Crippen molar-refractivity contribution in [3.8, 4) is 0 Å². The van der Waals surface area contributed by atoms with Crippen molar-refractivity contribution in [2.45, 2.75) is 0 Å². The van der Waals surface area contributed by atoms with Crippen molar-refractivity contribution in [2.75, 3.05) is 18.9 Å². The Balaban J connectivity index is 1.66. The summed E-state index contributed by atoms with van der Waals surface area (Å²) >= 11 is 0. The molecule has 2 heterocycles. The van der Waals surface area contributed by atoms with Crippen LogP contribution in [0.1, 0.15) is 5.56 Å². The summed E-state index contributed by atoms with van der Waals surface area (Å²) in [5, 5.41) is 0. The molecule has 0 N–H and O–H groups in total. The van der Waals surface area contributed by atoms with Crippen LogP contribution in [0.25, 0.3) is 6.08 Å². The molecule has 0 saturated carbocycles. The predicted octanol–water partition coefficient (Wildman–Crippen LogP) is 1.74. The van der Waals surface area contributed by atoms with Crippen LogP contribution < -0.4 is 0 Å². The molecule has 2 aliphatic heterocycles. The van der Waals surface area contributed by atoms with Crippen molar-refractivity contribution in [3.05, 3.63) is 65.9 Å². The Morgan fingerprint density at radius 3 is 2.88 bits per heavy atom. The number of hydrogen-bond donors (Lipinski definition) is 0. The second-order valence-electron chi connectivity index (χ2n) is 5.23. The van der Waals surface area contributed by atoms with Gasteiger partial charge in [0.25, 0.3) is 10.0 Å². The minimum Gasteiger partial charge on any atom is -0.458 e. The maximum absolute atomic E-state index is 12.2. The quantitative estimate of drug-likeness (QED) is 0.778. The molecule has 0 aliphatic carbocycles. The lowest BCUT2D eigenvalue weighted by atomic mass is 10.1. The Bertz CT molecular complexity index is 852. The van der Waals surface area contributed by atoms with Crippen LogP contribution in [0.3, 0.4) is 0 Å². The zero-order valence-electron chi connectivity index (χ0n) is 12.8. The Hall–Kier alpha value is -2.67. The molecule has 0 saturated heterocycles. The van der Waals surface area contributed by atoms with Gasteiger partial charge >= 0.3 is 5.97 Å². The van der Waals surface area contributed by atoms with Crippen LogP contribution in [-0.2, 0) is 19.6 Å². The maximum atomic E-state index is 12.2. The van der Waals surface area contributed by atoms with Crippen LogP contribution >= 0.6 is 0 Å². The highest BCUT2D eigenvalue weighted by Gasteiger charge is 2.30. The van der Waals surface area contributed by atoms with Crippen LogP contribution in [0.4, 0.5) is 0 Å². The molecular formula is C17H16N2O4S. The molecule has 3 rings (SSSR count). The molecule has 0 fully saturated rings. The Kier molecular flexibility index (Phi) is 4.61. The van der Waals surface area contributed by atoms with Crippen molar-refractivity contribution in [1.29, 1.82) is 0 Å². The van der Waals surface area contributed by atoms with Gasteiger partial charge in [0.15, 0.2) is 5.84 Å². The van der Waals surface area contributed by atoms with Crippen molar-refractivity contribution in [2.24, 2.45) is 4.40 Å². The van der Waals surface area contributed by atoms with Crippen molar-refractivity contribution in [1.82, 2.24) is 4.90 Å². The molecule has 0 amide bonds. The van der Waals surface area contributed by atoms with E-state index in [-0.39, 0.29) is 30.3 Å². The average Bonchev–Trinajstić information content (AvgIpc) is 2.58. The summed E-state index contributed by atoms with van der Waals surface area (Å²) in [6.45, 7) is 0.366. The molecule has 124 valence electrons. The highest BCUT2D eigenvalue weighted by atomic mass is 32.2. The van der Waals surface area contributed by atoms with Gasteiger partial charge in [0.05, 0.1) is 5.75 Å². The Morgan fingerprint density at radius 1 is 1.29 bits per heavy atom. The van der Waals surface area contributed by atoms with Crippen molar-refractivity contribution >= 4 is 27.9 Å². The van der Waals surface area contributed by atoms with Gasteiger partial charge in [0.2, 0.25) is 0 Å². The van der Waals surface area contributed by atoms with E-state index in [0.717, 1.165) is 5.56 Å². The standard InChI is InChI=1S/C17H16N2O4S/c20-17(23-12-5-8-14-6-2-1-3-7-14)15-9-4-10-19-11-13-24(21,22)18-16(15)19/h1-10H,11-13H2/b8-5+. The number of ether oxygens (including phenoxy) is 1. The van der Waals surface area contributed by atoms with Gasteiger partial charge in [-0.05, 0) is 23.8 Å². The summed E-state index contributed by atoms with van der Waals surface area (Å²) in [4.78, 5) is 13.9. The molecule has 24 heavy (non-hydrogen) atoms. The monoisotopic (exact) mass is 344 g/mol. The van der Waals surface area contributed by atoms with Crippen molar-refractivity contribution < 1.29 is 17.9 Å². The van der Waals surface area contributed by atoms with E-state index < -0.39 is 16.0 Å². The molecule has 1 aromatic rings. The topological polar surface area (TPSA) is 76.0 Å². The van der Waals surface area contributed by atoms with E-state index in [0.29, 0.717) is 0 Å². The van der Waals surface area contributed by atoms with E-state index in [1.54, 1.807) is 23.3 Å². The first-order valence-corrected chi connectivity index (χ1v) is 9.03. The molecule has 0 bridgehead atoms. The number of hydrogen-bond acceptors (Lipinski definition) is 5. The number of fused-ring (bicyclic) bond motifs is 1. The Labute approximate surface area is 140 Å². The minimum atomic E-state index is -3.53. The van der Waals surface area contributed by atoms with Gasteiger partial charge in [-0.2, -0.15) is 0 Å². The van der Waals surface area contributed by atoms with Gasteiger partial charge in [-0.3, -0.25) is 0 Å². The number of carbonyl (C=O) groups is 1. The maximum Gasteiger partial charge on any atom is 0.342 e. The van der Waals surface area contributed by atoms with Gasteiger partial charge < -0.3 is 9.64 Å². The zero-order valence-corrected chi connectivity index (χ0v) is 13.6. The fraction of sp³-hybridized carbons (Fsp3) is 0.176. The minimum absolute atomic E-state index is 0.0665. The number of nitrogens with zero attached hydrogens (tertiary/aromatic N) is 2. The van der Waals surface area contributed by atoms with Crippen LogP contribution in [0.2, 0.25) is 0 Å². The van der Waals surface area contributed by atoms with Gasteiger partial charge in [-0.15, -0.1) is 4.40 Å². The first kappa shape index (κ1) is 16.2. The smallest absolute Gasteiger partial charge is 0.342 e. The summed E-state index contributed by atoms with van der Waals surface area (Å²) < 4.78 is 32.2. The van der Waals surface area contributed by atoms with Gasteiger partial charge in [-0.25, -0.2) is 13.2 Å². The number of carbonyl (C=O) groups excluding carboxylic acids is 1. The van der Waals surface area contributed by atoms with Crippen LogP contribution in [0.15, 0.2) is 64.7 Å². The number of allylic oxidation sites excluding steroid dienone is 2. The van der Waals surface area contributed by atoms with E-state index >= 15 is 0 Å². The summed E-state index contributed by atoms with van der Waals surface area (Å²) in [6.07, 6.45) is 8.45. The van der Waals surface area contributed by atoms with E-state index in [2.05, 4.69) is 4.40 Å². The lowest BCUT2D eigenvalue weighted by Crippen LogP contribution is -2.40. The fourth-order valence-electron chi connectivity index (χ4n) is 2.33. The highest BCUT2D eigenvalue weighted by molar-refractivity contribution is 7.90. The highest BCUT2D eigenvalue weighted by Crippen LogP contribution is 2.18. The van der Waals surface area contributed by atoms with Crippen molar-refractivity contribution in [3.63, 3.8) is 0 Å². The molecular weight excluding hydrogens is 328 g/mol. The van der Waals surface area contributed by atoms with Gasteiger partial charge in [-0.1, -0.05) is 36.4 Å². The third kappa shape index (κ3) is 3.80. The molecule has 0 atom stereocenters. The van der Waals surface area contributed by atoms with E-state index in [4.69, 9.17) is 4.74 Å². The molecule has 0 aromatic heterocycles. The summed E-state index contributed by atoms with van der Waals surface area (Å²) in [7, 11) is -3.53.